The van der Waals surface area contributed by atoms with Crippen molar-refractivity contribution in [2.75, 3.05) is 0 Å². The van der Waals surface area contributed by atoms with E-state index in [-0.39, 0.29) is 5.75 Å². The molecule has 0 spiro atoms. The maximum Gasteiger partial charge on any atom is 0.573 e. The molecular formula is C26H23F3O. The van der Waals surface area contributed by atoms with Crippen LogP contribution >= 0.6 is 0 Å². The summed E-state index contributed by atoms with van der Waals surface area (Å²) < 4.78 is 41.3. The van der Waals surface area contributed by atoms with Crippen molar-refractivity contribution >= 4 is 11.6 Å². The Morgan fingerprint density at radius 2 is 1.70 bits per heavy atom. The van der Waals surface area contributed by atoms with Gasteiger partial charge in [0.25, 0.3) is 0 Å². The van der Waals surface area contributed by atoms with E-state index >= 15 is 0 Å². The molecule has 154 valence electrons. The Bertz CT molecular complexity index is 1150. The molecule has 1 atom stereocenters. The summed E-state index contributed by atoms with van der Waals surface area (Å²) in [6, 6.07) is 15.0. The molecule has 5 rings (SSSR count). The average molecular weight is 408 g/mol. The predicted octanol–water partition coefficient (Wildman–Crippen LogP) is 5.59. The zero-order valence-electron chi connectivity index (χ0n) is 16.6. The highest BCUT2D eigenvalue weighted by Gasteiger charge is 2.32. The van der Waals surface area contributed by atoms with Crippen LogP contribution < -0.4 is 15.2 Å². The fraction of sp³-hybridized carbons (Fsp3) is 0.308. The normalized spacial score (nSPS) is 20.6. The van der Waals surface area contributed by atoms with E-state index in [0.29, 0.717) is 5.92 Å². The highest BCUT2D eigenvalue weighted by atomic mass is 19.4. The third-order valence-electron chi connectivity index (χ3n) is 6.41. The lowest BCUT2D eigenvalue weighted by atomic mass is 9.69. The van der Waals surface area contributed by atoms with Crippen LogP contribution in [0.3, 0.4) is 0 Å². The summed E-state index contributed by atoms with van der Waals surface area (Å²) >= 11 is 0. The molecule has 0 heterocycles. The second-order valence-corrected chi connectivity index (χ2v) is 8.28. The van der Waals surface area contributed by atoms with Gasteiger partial charge in [-0.05, 0) is 94.9 Å². The highest BCUT2D eigenvalue weighted by molar-refractivity contribution is 5.75. The van der Waals surface area contributed by atoms with Gasteiger partial charge in [-0.1, -0.05) is 48.6 Å². The zero-order valence-corrected chi connectivity index (χ0v) is 16.6. The smallest absolute Gasteiger partial charge is 0.406 e. The van der Waals surface area contributed by atoms with Crippen LogP contribution in [0.1, 0.15) is 37.7 Å². The Morgan fingerprint density at radius 3 is 2.50 bits per heavy atom. The van der Waals surface area contributed by atoms with Gasteiger partial charge in [-0.25, -0.2) is 0 Å². The lowest BCUT2D eigenvalue weighted by Crippen LogP contribution is -2.33. The number of hydrogen-bond donors (Lipinski definition) is 0. The van der Waals surface area contributed by atoms with E-state index < -0.39 is 6.36 Å². The van der Waals surface area contributed by atoms with Crippen LogP contribution in [-0.4, -0.2) is 6.36 Å². The average Bonchev–Trinajstić information content (AvgIpc) is 2.74. The molecule has 0 radical (unpaired) electrons. The Hall–Kier alpha value is -2.75. The van der Waals surface area contributed by atoms with Crippen LogP contribution in [0, 0.1) is 5.92 Å². The minimum absolute atomic E-state index is 0.166. The Kier molecular flexibility index (Phi) is 4.80. The molecule has 0 saturated carbocycles. The maximum absolute atomic E-state index is 12.4. The Balaban J connectivity index is 1.50. The van der Waals surface area contributed by atoms with Crippen LogP contribution in [-0.2, 0) is 6.42 Å². The molecule has 0 aliphatic heterocycles. The topological polar surface area (TPSA) is 9.23 Å². The SMILES string of the molecule is FC(F)(F)Oc1ccc(CC2CC3=c4ccccc4=CCC3=C3CCCC=C32)cc1. The number of allylic oxidation sites excluding steroid dienone is 4. The zero-order chi connectivity index (χ0) is 20.7. The molecule has 0 bridgehead atoms. The van der Waals surface area contributed by atoms with Crippen molar-refractivity contribution in [1.29, 1.82) is 0 Å². The summed E-state index contributed by atoms with van der Waals surface area (Å²) in [7, 11) is 0. The minimum atomic E-state index is -4.66. The summed E-state index contributed by atoms with van der Waals surface area (Å²) in [5.74, 6) is 0.195. The lowest BCUT2D eigenvalue weighted by Gasteiger charge is -2.36. The molecule has 30 heavy (non-hydrogen) atoms. The maximum atomic E-state index is 12.4. The Labute approximate surface area is 173 Å². The van der Waals surface area contributed by atoms with Crippen molar-refractivity contribution in [3.05, 3.63) is 87.3 Å². The number of ether oxygens (including phenoxy) is 1. The Morgan fingerprint density at radius 1 is 0.900 bits per heavy atom. The molecule has 3 aliphatic rings. The second-order valence-electron chi connectivity index (χ2n) is 8.28. The first-order valence-electron chi connectivity index (χ1n) is 10.5. The minimum Gasteiger partial charge on any atom is -0.406 e. The first kappa shape index (κ1) is 19.2. The largest absolute Gasteiger partial charge is 0.573 e. The van der Waals surface area contributed by atoms with E-state index in [1.807, 2.05) is 0 Å². The number of halogens is 3. The lowest BCUT2D eigenvalue weighted by molar-refractivity contribution is -0.274. The molecule has 4 heteroatoms. The summed E-state index contributed by atoms with van der Waals surface area (Å²) in [5.41, 5.74) is 6.98. The number of hydrogen-bond acceptors (Lipinski definition) is 1. The van der Waals surface area contributed by atoms with Crippen molar-refractivity contribution in [3.63, 3.8) is 0 Å². The summed E-state index contributed by atoms with van der Waals surface area (Å²) in [6.45, 7) is 0. The van der Waals surface area contributed by atoms with E-state index in [1.165, 1.54) is 51.3 Å². The van der Waals surface area contributed by atoms with Gasteiger partial charge in [0.1, 0.15) is 5.75 Å². The van der Waals surface area contributed by atoms with Gasteiger partial charge in [-0.3, -0.25) is 0 Å². The molecule has 0 amide bonds. The first-order chi connectivity index (χ1) is 14.5. The summed E-state index contributed by atoms with van der Waals surface area (Å²) in [6.07, 6.45) is 6.30. The van der Waals surface area contributed by atoms with E-state index in [9.17, 15) is 13.2 Å². The fourth-order valence-electron chi connectivity index (χ4n) is 5.18. The van der Waals surface area contributed by atoms with Gasteiger partial charge in [0.2, 0.25) is 0 Å². The standard InChI is InChI=1S/C26H23F3O/c27-26(28,29)30-20-12-9-17(10-13-20)15-19-16-25-21-6-2-1-5-18(21)11-14-24(25)23-8-4-3-7-22(19)23/h1-2,5-7,9-13,19H,3-4,8,14-16H2. The van der Waals surface area contributed by atoms with Crippen molar-refractivity contribution in [3.8, 4) is 5.75 Å². The van der Waals surface area contributed by atoms with Gasteiger partial charge < -0.3 is 4.74 Å². The van der Waals surface area contributed by atoms with Crippen LogP contribution in [0.4, 0.5) is 13.2 Å². The number of rotatable bonds is 3. The molecular weight excluding hydrogens is 385 g/mol. The predicted molar refractivity (Wildman–Crippen MR) is 112 cm³/mol. The number of fused-ring (bicyclic) bond motifs is 3. The molecule has 2 aromatic carbocycles. The van der Waals surface area contributed by atoms with E-state index in [4.69, 9.17) is 0 Å². The molecule has 2 aromatic rings. The van der Waals surface area contributed by atoms with Crippen LogP contribution in [0.15, 0.2) is 71.3 Å². The number of alkyl halides is 3. The van der Waals surface area contributed by atoms with E-state index in [0.717, 1.165) is 37.7 Å². The fourth-order valence-corrected chi connectivity index (χ4v) is 5.18. The molecule has 0 fully saturated rings. The van der Waals surface area contributed by atoms with Gasteiger partial charge in [0, 0.05) is 0 Å². The van der Waals surface area contributed by atoms with Gasteiger partial charge in [0.05, 0.1) is 0 Å². The van der Waals surface area contributed by atoms with Gasteiger partial charge in [-0.2, -0.15) is 0 Å². The molecule has 0 N–H and O–H groups in total. The highest BCUT2D eigenvalue weighted by Crippen LogP contribution is 2.45. The third kappa shape index (κ3) is 3.71. The molecule has 0 aromatic heterocycles. The third-order valence-corrected chi connectivity index (χ3v) is 6.41. The van der Waals surface area contributed by atoms with Crippen molar-refractivity contribution in [1.82, 2.24) is 0 Å². The summed E-state index contributed by atoms with van der Waals surface area (Å²) in [5, 5.41) is 2.65. The van der Waals surface area contributed by atoms with Crippen LogP contribution in [0.25, 0.3) is 11.6 Å². The molecule has 1 nitrogen and oxygen atoms in total. The first-order valence-corrected chi connectivity index (χ1v) is 10.5. The van der Waals surface area contributed by atoms with Crippen molar-refractivity contribution < 1.29 is 17.9 Å². The van der Waals surface area contributed by atoms with Gasteiger partial charge >= 0.3 is 6.36 Å². The molecule has 0 saturated heterocycles. The second kappa shape index (κ2) is 7.50. The monoisotopic (exact) mass is 408 g/mol. The number of benzene rings is 2. The van der Waals surface area contributed by atoms with Crippen LogP contribution in [0.2, 0.25) is 0 Å². The van der Waals surface area contributed by atoms with Crippen LogP contribution in [0.5, 0.6) is 5.75 Å². The van der Waals surface area contributed by atoms with Crippen molar-refractivity contribution in [2.24, 2.45) is 5.92 Å². The summed E-state index contributed by atoms with van der Waals surface area (Å²) in [4.78, 5) is 0. The molecule has 1 unspecified atom stereocenters. The quantitative estimate of drug-likeness (QED) is 0.643. The van der Waals surface area contributed by atoms with E-state index in [1.54, 1.807) is 12.1 Å². The molecule has 3 aliphatic carbocycles. The van der Waals surface area contributed by atoms with Gasteiger partial charge in [0.15, 0.2) is 0 Å². The van der Waals surface area contributed by atoms with Crippen molar-refractivity contribution in [2.45, 2.75) is 44.9 Å². The van der Waals surface area contributed by atoms with Gasteiger partial charge in [-0.15, -0.1) is 13.2 Å². The van der Waals surface area contributed by atoms with E-state index in [2.05, 4.69) is 41.2 Å².